The van der Waals surface area contributed by atoms with Crippen LogP contribution in [0.2, 0.25) is 18.1 Å². The van der Waals surface area contributed by atoms with Crippen molar-refractivity contribution in [2.75, 3.05) is 6.61 Å². The van der Waals surface area contributed by atoms with Crippen molar-refractivity contribution in [2.24, 2.45) is 0 Å². The van der Waals surface area contributed by atoms with Crippen molar-refractivity contribution in [3.05, 3.63) is 0 Å². The Kier molecular flexibility index (Phi) is 6.06. The molecule has 1 N–H and O–H groups in total. The molecule has 21 heavy (non-hydrogen) atoms. The van der Waals surface area contributed by atoms with Gasteiger partial charge >= 0.3 is 0 Å². The molecule has 0 radical (unpaired) electrons. The first kappa shape index (κ1) is 19.1. The average molecular weight is 319 g/mol. The summed E-state index contributed by atoms with van der Waals surface area (Å²) < 4.78 is 18.1. The highest BCUT2D eigenvalue weighted by Gasteiger charge is 2.46. The highest BCUT2D eigenvalue weighted by atomic mass is 28.4. The zero-order chi connectivity index (χ0) is 16.5. The summed E-state index contributed by atoms with van der Waals surface area (Å²) in [5.74, 6) is -0.652. The molecule has 0 saturated carbocycles. The van der Waals surface area contributed by atoms with Crippen LogP contribution in [-0.4, -0.2) is 44.1 Å². The Hall–Kier alpha value is 0.0569. The van der Waals surface area contributed by atoms with Gasteiger partial charge in [-0.3, -0.25) is 0 Å². The van der Waals surface area contributed by atoms with E-state index in [9.17, 15) is 5.11 Å². The summed E-state index contributed by atoms with van der Waals surface area (Å²) in [5.41, 5.74) is 0. The summed E-state index contributed by atoms with van der Waals surface area (Å²) in [6.07, 6.45) is 0.656. The maximum absolute atomic E-state index is 10.3. The molecule has 0 aliphatic carbocycles. The quantitative estimate of drug-likeness (QED) is 0.759. The molecular formula is C16H34O4Si. The third-order valence-corrected chi connectivity index (χ3v) is 9.10. The number of hydrogen-bond donors (Lipinski definition) is 1. The van der Waals surface area contributed by atoms with Crippen molar-refractivity contribution in [1.82, 2.24) is 0 Å². The molecule has 0 unspecified atom stereocenters. The van der Waals surface area contributed by atoms with Crippen molar-refractivity contribution in [1.29, 1.82) is 0 Å². The molecule has 0 aromatic carbocycles. The van der Waals surface area contributed by atoms with Crippen LogP contribution < -0.4 is 0 Å². The van der Waals surface area contributed by atoms with E-state index in [1.807, 2.05) is 13.8 Å². The van der Waals surface area contributed by atoms with Crippen LogP contribution in [0.15, 0.2) is 0 Å². The van der Waals surface area contributed by atoms with Crippen LogP contribution in [0.1, 0.15) is 54.4 Å². The van der Waals surface area contributed by atoms with Crippen LogP contribution >= 0.6 is 0 Å². The molecule has 1 heterocycles. The molecule has 1 aliphatic rings. The van der Waals surface area contributed by atoms with Gasteiger partial charge in [0.1, 0.15) is 12.2 Å². The predicted octanol–water partition coefficient (Wildman–Crippen LogP) is 3.69. The molecule has 1 saturated heterocycles. The fourth-order valence-corrected chi connectivity index (χ4v) is 3.30. The van der Waals surface area contributed by atoms with E-state index in [1.165, 1.54) is 0 Å². The van der Waals surface area contributed by atoms with Crippen molar-refractivity contribution < 1.29 is 19.0 Å². The molecule has 4 nitrogen and oxygen atoms in total. The maximum Gasteiger partial charge on any atom is 0.192 e. The molecular weight excluding hydrogens is 284 g/mol. The highest BCUT2D eigenvalue weighted by molar-refractivity contribution is 6.74. The van der Waals surface area contributed by atoms with Crippen LogP contribution in [0.3, 0.4) is 0 Å². The van der Waals surface area contributed by atoms with Gasteiger partial charge in [0.2, 0.25) is 0 Å². The normalized spacial score (nSPS) is 27.9. The Bertz CT molecular complexity index is 336. The van der Waals surface area contributed by atoms with Gasteiger partial charge in [-0.2, -0.15) is 0 Å². The molecule has 1 fully saturated rings. The molecule has 0 aromatic heterocycles. The van der Waals surface area contributed by atoms with E-state index in [4.69, 9.17) is 13.9 Å². The number of aliphatic hydroxyl groups excluding tert-OH is 1. The van der Waals surface area contributed by atoms with Gasteiger partial charge in [-0.15, -0.1) is 0 Å². The molecule has 0 spiro atoms. The SMILES string of the molecule is CCC[C@@H](O)[C@@H]1OC(C)(C)O[C@@H]1CO[Si](C)(C)C(C)(C)C. The van der Waals surface area contributed by atoms with Crippen molar-refractivity contribution >= 4 is 8.32 Å². The molecule has 1 aliphatic heterocycles. The minimum absolute atomic E-state index is 0.166. The van der Waals surface area contributed by atoms with Gasteiger partial charge in [0, 0.05) is 0 Å². The number of hydrogen-bond acceptors (Lipinski definition) is 4. The van der Waals surface area contributed by atoms with Crippen LogP contribution in [0.25, 0.3) is 0 Å². The van der Waals surface area contributed by atoms with Gasteiger partial charge in [-0.05, 0) is 38.4 Å². The Morgan fingerprint density at radius 1 is 1.24 bits per heavy atom. The summed E-state index contributed by atoms with van der Waals surface area (Å²) in [6.45, 7) is 17.5. The third kappa shape index (κ3) is 5.03. The maximum atomic E-state index is 10.3. The molecule has 3 atom stereocenters. The molecule has 0 bridgehead atoms. The fourth-order valence-electron chi connectivity index (χ4n) is 2.29. The first-order valence-corrected chi connectivity index (χ1v) is 11.0. The van der Waals surface area contributed by atoms with Crippen molar-refractivity contribution in [3.8, 4) is 0 Å². The number of aliphatic hydroxyl groups is 1. The second-order valence-electron chi connectivity index (χ2n) is 8.07. The first-order chi connectivity index (χ1) is 9.39. The molecule has 0 amide bonds. The Labute approximate surface area is 131 Å². The van der Waals surface area contributed by atoms with Gasteiger partial charge < -0.3 is 19.0 Å². The largest absolute Gasteiger partial charge is 0.414 e. The van der Waals surface area contributed by atoms with Crippen LogP contribution in [0.5, 0.6) is 0 Å². The lowest BCUT2D eigenvalue weighted by Crippen LogP contribution is -2.45. The minimum atomic E-state index is -1.82. The second-order valence-corrected chi connectivity index (χ2v) is 12.9. The number of rotatable bonds is 6. The van der Waals surface area contributed by atoms with Gasteiger partial charge in [0.25, 0.3) is 0 Å². The lowest BCUT2D eigenvalue weighted by Gasteiger charge is -2.37. The average Bonchev–Trinajstić information content (AvgIpc) is 2.61. The summed E-state index contributed by atoms with van der Waals surface area (Å²) in [5, 5.41) is 10.5. The fraction of sp³-hybridized carbons (Fsp3) is 1.00. The van der Waals surface area contributed by atoms with E-state index >= 15 is 0 Å². The van der Waals surface area contributed by atoms with E-state index in [2.05, 4.69) is 40.8 Å². The zero-order valence-electron chi connectivity index (χ0n) is 15.0. The van der Waals surface area contributed by atoms with Gasteiger partial charge in [-0.25, -0.2) is 0 Å². The van der Waals surface area contributed by atoms with Crippen molar-refractivity contribution in [2.45, 2.75) is 96.6 Å². The van der Waals surface area contributed by atoms with E-state index in [-0.39, 0.29) is 17.2 Å². The standard InChI is InChI=1S/C16H34O4Si/c1-9-10-12(17)14-13(19-16(5,6)20-14)11-18-21(7,8)15(2,3)4/h12-14,17H,9-11H2,1-8H3/t12-,13-,14+/m1/s1. The molecule has 0 aromatic rings. The van der Waals surface area contributed by atoms with Crippen LogP contribution in [0, 0.1) is 0 Å². The highest BCUT2D eigenvalue weighted by Crippen LogP contribution is 2.38. The van der Waals surface area contributed by atoms with E-state index in [1.54, 1.807) is 0 Å². The van der Waals surface area contributed by atoms with Crippen LogP contribution in [-0.2, 0) is 13.9 Å². The Balaban J connectivity index is 2.71. The zero-order valence-corrected chi connectivity index (χ0v) is 16.0. The van der Waals surface area contributed by atoms with E-state index in [0.29, 0.717) is 6.61 Å². The topological polar surface area (TPSA) is 47.9 Å². The Morgan fingerprint density at radius 3 is 2.29 bits per heavy atom. The third-order valence-electron chi connectivity index (χ3n) is 4.60. The summed E-state index contributed by atoms with van der Waals surface area (Å²) >= 11 is 0. The summed E-state index contributed by atoms with van der Waals surface area (Å²) in [6, 6.07) is 0. The van der Waals surface area contributed by atoms with Gasteiger partial charge in [-0.1, -0.05) is 34.1 Å². The lowest BCUT2D eigenvalue weighted by molar-refractivity contribution is -0.156. The summed E-state index contributed by atoms with van der Waals surface area (Å²) in [4.78, 5) is 0. The van der Waals surface area contributed by atoms with Gasteiger partial charge in [0.15, 0.2) is 14.1 Å². The Morgan fingerprint density at radius 2 is 1.81 bits per heavy atom. The van der Waals surface area contributed by atoms with E-state index < -0.39 is 20.2 Å². The number of ether oxygens (including phenoxy) is 2. The van der Waals surface area contributed by atoms with E-state index in [0.717, 1.165) is 12.8 Å². The monoisotopic (exact) mass is 318 g/mol. The molecule has 1 rings (SSSR count). The minimum Gasteiger partial charge on any atom is -0.414 e. The van der Waals surface area contributed by atoms with Crippen molar-refractivity contribution in [3.63, 3.8) is 0 Å². The molecule has 5 heteroatoms. The van der Waals surface area contributed by atoms with Crippen LogP contribution in [0.4, 0.5) is 0 Å². The lowest BCUT2D eigenvalue weighted by atomic mass is 10.0. The first-order valence-electron chi connectivity index (χ1n) is 8.07. The summed E-state index contributed by atoms with van der Waals surface area (Å²) in [7, 11) is -1.82. The molecule has 126 valence electrons. The van der Waals surface area contributed by atoms with Gasteiger partial charge in [0.05, 0.1) is 12.7 Å². The smallest absolute Gasteiger partial charge is 0.192 e. The predicted molar refractivity (Wildman–Crippen MR) is 87.9 cm³/mol. The second kappa shape index (κ2) is 6.67.